The lowest BCUT2D eigenvalue weighted by Crippen LogP contribution is -2.24. The first-order valence-corrected chi connectivity index (χ1v) is 8.10. The number of nitrogens with zero attached hydrogens (tertiary/aromatic N) is 4. The summed E-state index contributed by atoms with van der Waals surface area (Å²) in [7, 11) is 0. The molecule has 4 rings (SSSR count). The average Bonchev–Trinajstić information content (AvgIpc) is 3.14. The maximum atomic E-state index is 12.3. The Balaban J connectivity index is 1.53. The van der Waals surface area contributed by atoms with Crippen LogP contribution in [-0.2, 0) is 13.1 Å². The molecule has 1 aliphatic heterocycles. The number of carbonyl (C=O) groups is 1. The molecule has 8 heteroatoms. The van der Waals surface area contributed by atoms with Gasteiger partial charge in [0.1, 0.15) is 5.52 Å². The molecule has 3 aromatic heterocycles. The van der Waals surface area contributed by atoms with Gasteiger partial charge in [-0.05, 0) is 12.1 Å². The smallest absolute Gasteiger partial charge is 0.274 e. The second-order valence-electron chi connectivity index (χ2n) is 5.14. The van der Waals surface area contributed by atoms with Crippen LogP contribution < -0.4 is 5.32 Å². The van der Waals surface area contributed by atoms with Crippen LogP contribution in [0, 0.1) is 0 Å². The minimum atomic E-state index is -0.448. The van der Waals surface area contributed by atoms with Gasteiger partial charge in [-0.2, -0.15) is 0 Å². The van der Waals surface area contributed by atoms with Crippen molar-refractivity contribution in [2.24, 2.45) is 0 Å². The van der Waals surface area contributed by atoms with Crippen molar-refractivity contribution in [3.8, 4) is 5.75 Å². The molecule has 1 amide bonds. The number of hydrogen-bond acceptors (Lipinski definition) is 6. The van der Waals surface area contributed by atoms with Crippen molar-refractivity contribution < 1.29 is 9.90 Å². The highest BCUT2D eigenvalue weighted by atomic mass is 32.2. The van der Waals surface area contributed by atoms with Gasteiger partial charge in [0.15, 0.2) is 16.6 Å². The summed E-state index contributed by atoms with van der Waals surface area (Å²) >= 11 is 1.70. The van der Waals surface area contributed by atoms with Crippen LogP contribution in [0.25, 0.3) is 10.9 Å². The van der Waals surface area contributed by atoms with E-state index in [-0.39, 0.29) is 11.4 Å². The molecule has 0 spiro atoms. The summed E-state index contributed by atoms with van der Waals surface area (Å²) < 4.78 is 2.07. The largest absolute Gasteiger partial charge is 0.504 e. The van der Waals surface area contributed by atoms with Gasteiger partial charge in [-0.25, -0.2) is 9.97 Å². The third kappa shape index (κ3) is 2.50. The van der Waals surface area contributed by atoms with E-state index in [1.54, 1.807) is 30.1 Å². The molecule has 0 fully saturated rings. The Labute approximate surface area is 135 Å². The van der Waals surface area contributed by atoms with Gasteiger partial charge in [0.05, 0.1) is 12.2 Å². The van der Waals surface area contributed by atoms with Crippen LogP contribution in [0.5, 0.6) is 5.75 Å². The molecule has 4 heterocycles. The summed E-state index contributed by atoms with van der Waals surface area (Å²) in [6.07, 6.45) is 5.03. The van der Waals surface area contributed by atoms with Crippen LogP contribution in [0.4, 0.5) is 0 Å². The average molecular weight is 327 g/mol. The Morgan fingerprint density at radius 3 is 3.22 bits per heavy atom. The first-order chi connectivity index (χ1) is 11.2. The molecule has 0 unspecified atom stereocenters. The quantitative estimate of drug-likeness (QED) is 0.758. The standard InChI is InChI=1S/C15H13N5O2S/c21-13-11-9(2-1-3-16-11)6-17-12(13)14(22)18-7-10-8-20-4-5-23-15(20)19-10/h1-3,6,8,21H,4-5,7H2,(H,18,22). The molecule has 0 saturated carbocycles. The molecule has 0 aliphatic carbocycles. The molecule has 0 atom stereocenters. The number of aromatic nitrogens is 4. The minimum absolute atomic E-state index is 0.0303. The zero-order valence-electron chi connectivity index (χ0n) is 12.1. The van der Waals surface area contributed by atoms with E-state index in [0.717, 1.165) is 23.1 Å². The van der Waals surface area contributed by atoms with E-state index in [9.17, 15) is 9.90 Å². The predicted octanol–water partition coefficient (Wildman–Crippen LogP) is 1.57. The lowest BCUT2D eigenvalue weighted by Gasteiger charge is -2.06. The lowest BCUT2D eigenvalue weighted by atomic mass is 10.2. The van der Waals surface area contributed by atoms with Gasteiger partial charge in [-0.3, -0.25) is 9.78 Å². The molecule has 0 aromatic carbocycles. The second kappa shape index (κ2) is 5.54. The molecular formula is C15H13N5O2S. The number of hydrogen-bond donors (Lipinski definition) is 2. The second-order valence-corrected chi connectivity index (χ2v) is 6.20. The summed E-state index contributed by atoms with van der Waals surface area (Å²) in [5.41, 5.74) is 1.13. The number of carbonyl (C=O) groups excluding carboxylic acids is 1. The molecule has 1 aliphatic rings. The number of nitrogens with one attached hydrogen (secondary N) is 1. The normalized spacial score (nSPS) is 13.2. The zero-order chi connectivity index (χ0) is 15.8. The molecule has 7 nitrogen and oxygen atoms in total. The Kier molecular flexibility index (Phi) is 3.38. The van der Waals surface area contributed by atoms with Crippen molar-refractivity contribution in [2.75, 3.05) is 5.75 Å². The van der Waals surface area contributed by atoms with Gasteiger partial charge < -0.3 is 15.0 Å². The highest BCUT2D eigenvalue weighted by Gasteiger charge is 2.18. The Hall–Kier alpha value is -2.61. The van der Waals surface area contributed by atoms with Crippen molar-refractivity contribution in [3.63, 3.8) is 0 Å². The van der Waals surface area contributed by atoms with Crippen LogP contribution >= 0.6 is 11.8 Å². The topological polar surface area (TPSA) is 92.9 Å². The third-order valence-corrected chi connectivity index (χ3v) is 4.59. The van der Waals surface area contributed by atoms with E-state index in [1.165, 1.54) is 6.20 Å². The van der Waals surface area contributed by atoms with Gasteiger partial charge in [-0.1, -0.05) is 11.8 Å². The zero-order valence-corrected chi connectivity index (χ0v) is 12.9. The summed E-state index contributed by atoms with van der Waals surface area (Å²) in [6, 6.07) is 3.53. The Bertz CT molecular complexity index is 887. The molecule has 23 heavy (non-hydrogen) atoms. The van der Waals surface area contributed by atoms with Gasteiger partial charge in [0, 0.05) is 36.3 Å². The summed E-state index contributed by atoms with van der Waals surface area (Å²) in [5.74, 6) is 0.385. The highest BCUT2D eigenvalue weighted by molar-refractivity contribution is 7.99. The number of fused-ring (bicyclic) bond motifs is 2. The SMILES string of the molecule is O=C(NCc1cn2c(n1)SCC2)c1ncc2cccnc2c1O. The van der Waals surface area contributed by atoms with Gasteiger partial charge in [0.2, 0.25) is 0 Å². The Morgan fingerprint density at radius 2 is 2.35 bits per heavy atom. The van der Waals surface area contributed by atoms with Crippen molar-refractivity contribution in [3.05, 3.63) is 42.1 Å². The molecule has 2 N–H and O–H groups in total. The predicted molar refractivity (Wildman–Crippen MR) is 85.3 cm³/mol. The number of pyridine rings is 2. The van der Waals surface area contributed by atoms with E-state index < -0.39 is 5.91 Å². The first kappa shape index (κ1) is 14.0. The maximum absolute atomic E-state index is 12.3. The first-order valence-electron chi connectivity index (χ1n) is 7.12. The number of aromatic hydroxyl groups is 1. The van der Waals surface area contributed by atoms with Gasteiger partial charge in [0.25, 0.3) is 5.91 Å². The van der Waals surface area contributed by atoms with E-state index in [4.69, 9.17) is 0 Å². The number of amides is 1. The van der Waals surface area contributed by atoms with Crippen LogP contribution in [0.1, 0.15) is 16.2 Å². The summed E-state index contributed by atoms with van der Waals surface area (Å²) in [4.78, 5) is 24.8. The minimum Gasteiger partial charge on any atom is -0.504 e. The van der Waals surface area contributed by atoms with Crippen LogP contribution in [0.15, 0.2) is 35.9 Å². The highest BCUT2D eigenvalue weighted by Crippen LogP contribution is 2.25. The monoisotopic (exact) mass is 327 g/mol. The van der Waals surface area contributed by atoms with Crippen molar-refractivity contribution in [1.29, 1.82) is 0 Å². The third-order valence-electron chi connectivity index (χ3n) is 3.62. The van der Waals surface area contributed by atoms with Crippen LogP contribution in [-0.4, -0.2) is 36.3 Å². The molecule has 0 radical (unpaired) electrons. The number of aryl methyl sites for hydroxylation is 1. The number of imidazole rings is 1. The van der Waals surface area contributed by atoms with Crippen molar-refractivity contribution in [2.45, 2.75) is 18.2 Å². The fourth-order valence-electron chi connectivity index (χ4n) is 2.49. The van der Waals surface area contributed by atoms with Gasteiger partial charge in [-0.15, -0.1) is 0 Å². The Morgan fingerprint density at radius 1 is 1.43 bits per heavy atom. The summed E-state index contributed by atoms with van der Waals surface area (Å²) in [5, 5.41) is 14.6. The number of rotatable bonds is 3. The molecule has 0 saturated heterocycles. The van der Waals surface area contributed by atoms with Crippen molar-refractivity contribution in [1.82, 2.24) is 24.8 Å². The van der Waals surface area contributed by atoms with E-state index in [0.29, 0.717) is 17.4 Å². The van der Waals surface area contributed by atoms with Crippen LogP contribution in [0.3, 0.4) is 0 Å². The van der Waals surface area contributed by atoms with E-state index >= 15 is 0 Å². The van der Waals surface area contributed by atoms with E-state index in [2.05, 4.69) is 24.8 Å². The number of thioether (sulfide) groups is 1. The van der Waals surface area contributed by atoms with Gasteiger partial charge >= 0.3 is 0 Å². The fourth-order valence-corrected chi connectivity index (χ4v) is 3.46. The summed E-state index contributed by atoms with van der Waals surface area (Å²) in [6.45, 7) is 1.24. The van der Waals surface area contributed by atoms with E-state index in [1.807, 2.05) is 6.20 Å². The fraction of sp³-hybridized carbons (Fsp3) is 0.200. The maximum Gasteiger partial charge on any atom is 0.274 e. The molecular weight excluding hydrogens is 314 g/mol. The molecule has 0 bridgehead atoms. The van der Waals surface area contributed by atoms with Crippen LogP contribution in [0.2, 0.25) is 0 Å². The molecule has 3 aromatic rings. The van der Waals surface area contributed by atoms with Crippen molar-refractivity contribution >= 4 is 28.6 Å². The lowest BCUT2D eigenvalue weighted by molar-refractivity contribution is 0.0942. The molecule has 116 valence electrons.